The highest BCUT2D eigenvalue weighted by Gasteiger charge is 2.17. The fourth-order valence-corrected chi connectivity index (χ4v) is 2.64. The highest BCUT2D eigenvalue weighted by Crippen LogP contribution is 2.20. The van der Waals surface area contributed by atoms with E-state index in [1.54, 1.807) is 0 Å². The number of amides is 1. The molecule has 0 saturated carbocycles. The quantitative estimate of drug-likeness (QED) is 0.888. The number of nitrogens with two attached hydrogens (primary N) is 1. The predicted octanol–water partition coefficient (Wildman–Crippen LogP) is 3.41. The molecule has 0 heterocycles. The zero-order valence-corrected chi connectivity index (χ0v) is 13.3. The summed E-state index contributed by atoms with van der Waals surface area (Å²) in [5.41, 5.74) is 9.17. The summed E-state index contributed by atoms with van der Waals surface area (Å²) in [6, 6.07) is 17.7. The summed E-state index contributed by atoms with van der Waals surface area (Å²) in [6.45, 7) is 5.43. The molecule has 2 N–H and O–H groups in total. The fraction of sp³-hybridized carbons (Fsp3) is 0.316. The molecule has 0 aliphatic carbocycles. The molecule has 0 spiro atoms. The van der Waals surface area contributed by atoms with Crippen LogP contribution in [-0.2, 0) is 6.42 Å². The van der Waals surface area contributed by atoms with Crippen LogP contribution in [-0.4, -0.2) is 23.9 Å². The number of nitrogens with zero attached hydrogens (tertiary/aromatic N) is 1. The van der Waals surface area contributed by atoms with Crippen LogP contribution < -0.4 is 5.73 Å². The first-order chi connectivity index (χ1) is 10.7. The molecule has 1 atom stereocenters. The van der Waals surface area contributed by atoms with E-state index in [2.05, 4.69) is 0 Å². The summed E-state index contributed by atoms with van der Waals surface area (Å²) in [4.78, 5) is 14.5. The van der Waals surface area contributed by atoms with Gasteiger partial charge in [-0.3, -0.25) is 4.79 Å². The SMILES string of the molecule is CCN(CC)C(=O)c1ccccc1CC(N)c1ccccc1. The second kappa shape index (κ2) is 7.76. The average Bonchev–Trinajstić information content (AvgIpc) is 2.57. The minimum absolute atomic E-state index is 0.0841. The number of benzene rings is 2. The van der Waals surface area contributed by atoms with E-state index >= 15 is 0 Å². The van der Waals surface area contributed by atoms with E-state index in [-0.39, 0.29) is 11.9 Å². The number of hydrogen-bond donors (Lipinski definition) is 1. The molecule has 1 unspecified atom stereocenters. The molecule has 3 heteroatoms. The van der Waals surface area contributed by atoms with Crippen molar-refractivity contribution in [3.8, 4) is 0 Å². The van der Waals surface area contributed by atoms with Gasteiger partial charge in [-0.15, -0.1) is 0 Å². The second-order valence-corrected chi connectivity index (χ2v) is 5.36. The Bertz CT molecular complexity index is 606. The summed E-state index contributed by atoms with van der Waals surface area (Å²) in [7, 11) is 0. The summed E-state index contributed by atoms with van der Waals surface area (Å²) < 4.78 is 0. The van der Waals surface area contributed by atoms with Gasteiger partial charge in [0.05, 0.1) is 0 Å². The molecule has 1 amide bonds. The van der Waals surface area contributed by atoms with Gasteiger partial charge in [0.2, 0.25) is 0 Å². The Morgan fingerprint density at radius 3 is 2.23 bits per heavy atom. The molecule has 0 radical (unpaired) electrons. The lowest BCUT2D eigenvalue weighted by Crippen LogP contribution is -2.31. The van der Waals surface area contributed by atoms with Gasteiger partial charge in [-0.25, -0.2) is 0 Å². The Hall–Kier alpha value is -2.13. The van der Waals surface area contributed by atoms with Crippen LogP contribution in [0.2, 0.25) is 0 Å². The first-order valence-corrected chi connectivity index (χ1v) is 7.85. The van der Waals surface area contributed by atoms with Gasteiger partial charge in [-0.1, -0.05) is 48.5 Å². The van der Waals surface area contributed by atoms with Crippen molar-refractivity contribution in [2.45, 2.75) is 26.3 Å². The third-order valence-corrected chi connectivity index (χ3v) is 3.97. The van der Waals surface area contributed by atoms with Gasteiger partial charge in [0.15, 0.2) is 0 Å². The molecule has 0 saturated heterocycles. The Morgan fingerprint density at radius 1 is 1.00 bits per heavy atom. The van der Waals surface area contributed by atoms with Crippen LogP contribution in [0.4, 0.5) is 0 Å². The third kappa shape index (κ3) is 3.74. The molecule has 0 aliphatic heterocycles. The molecule has 22 heavy (non-hydrogen) atoms. The van der Waals surface area contributed by atoms with Gasteiger partial charge in [-0.05, 0) is 37.5 Å². The smallest absolute Gasteiger partial charge is 0.254 e. The van der Waals surface area contributed by atoms with Gasteiger partial charge in [0, 0.05) is 24.7 Å². The second-order valence-electron chi connectivity index (χ2n) is 5.36. The van der Waals surface area contributed by atoms with Crippen molar-refractivity contribution < 1.29 is 4.79 Å². The van der Waals surface area contributed by atoms with Gasteiger partial charge in [0.1, 0.15) is 0 Å². The lowest BCUT2D eigenvalue weighted by molar-refractivity contribution is 0.0772. The molecule has 0 bridgehead atoms. The Labute approximate surface area is 132 Å². The maximum absolute atomic E-state index is 12.6. The Balaban J connectivity index is 2.23. The third-order valence-electron chi connectivity index (χ3n) is 3.97. The van der Waals surface area contributed by atoms with Crippen LogP contribution in [0.15, 0.2) is 54.6 Å². The van der Waals surface area contributed by atoms with Crippen LogP contribution in [0, 0.1) is 0 Å². The maximum Gasteiger partial charge on any atom is 0.254 e. The van der Waals surface area contributed by atoms with Crippen molar-refractivity contribution in [3.05, 3.63) is 71.3 Å². The minimum atomic E-state index is -0.105. The fourth-order valence-electron chi connectivity index (χ4n) is 2.64. The van der Waals surface area contributed by atoms with Crippen molar-refractivity contribution in [1.82, 2.24) is 4.90 Å². The number of hydrogen-bond acceptors (Lipinski definition) is 2. The molecular formula is C19H24N2O. The number of rotatable bonds is 6. The van der Waals surface area contributed by atoms with E-state index in [9.17, 15) is 4.79 Å². The van der Waals surface area contributed by atoms with Crippen LogP contribution in [0.5, 0.6) is 0 Å². The lowest BCUT2D eigenvalue weighted by Gasteiger charge is -2.21. The molecule has 2 aromatic carbocycles. The van der Waals surface area contributed by atoms with Crippen LogP contribution in [0.25, 0.3) is 0 Å². The van der Waals surface area contributed by atoms with E-state index in [1.807, 2.05) is 73.3 Å². The predicted molar refractivity (Wildman–Crippen MR) is 90.8 cm³/mol. The molecule has 0 aliphatic rings. The van der Waals surface area contributed by atoms with E-state index in [0.717, 1.165) is 16.7 Å². The van der Waals surface area contributed by atoms with Crippen LogP contribution in [0.1, 0.15) is 41.4 Å². The zero-order valence-electron chi connectivity index (χ0n) is 13.3. The molecule has 3 nitrogen and oxygen atoms in total. The van der Waals surface area contributed by atoms with Gasteiger partial charge < -0.3 is 10.6 Å². The standard InChI is InChI=1S/C19H24N2O/c1-3-21(4-2)19(22)17-13-9-8-12-16(17)14-18(20)15-10-6-5-7-11-15/h5-13,18H,3-4,14,20H2,1-2H3. The Morgan fingerprint density at radius 2 is 1.59 bits per heavy atom. The van der Waals surface area contributed by atoms with Crippen molar-refractivity contribution in [3.63, 3.8) is 0 Å². The molecule has 0 fully saturated rings. The van der Waals surface area contributed by atoms with Crippen LogP contribution >= 0.6 is 0 Å². The highest BCUT2D eigenvalue weighted by molar-refractivity contribution is 5.95. The average molecular weight is 296 g/mol. The molecule has 0 aromatic heterocycles. The summed E-state index contributed by atoms with van der Waals surface area (Å²) >= 11 is 0. The van der Waals surface area contributed by atoms with Gasteiger partial charge >= 0.3 is 0 Å². The first kappa shape index (κ1) is 16.2. The van der Waals surface area contributed by atoms with Crippen molar-refractivity contribution in [2.24, 2.45) is 5.73 Å². The minimum Gasteiger partial charge on any atom is -0.339 e. The maximum atomic E-state index is 12.6. The van der Waals surface area contributed by atoms with E-state index in [1.165, 1.54) is 0 Å². The van der Waals surface area contributed by atoms with Gasteiger partial charge in [0.25, 0.3) is 5.91 Å². The first-order valence-electron chi connectivity index (χ1n) is 7.85. The summed E-state index contributed by atoms with van der Waals surface area (Å²) in [5.74, 6) is 0.0841. The summed E-state index contributed by atoms with van der Waals surface area (Å²) in [6.07, 6.45) is 0.660. The molecular weight excluding hydrogens is 272 g/mol. The molecule has 2 aromatic rings. The Kier molecular flexibility index (Phi) is 5.73. The van der Waals surface area contributed by atoms with Gasteiger partial charge in [-0.2, -0.15) is 0 Å². The van der Waals surface area contributed by atoms with Crippen molar-refractivity contribution in [1.29, 1.82) is 0 Å². The summed E-state index contributed by atoms with van der Waals surface area (Å²) in [5, 5.41) is 0. The lowest BCUT2D eigenvalue weighted by atomic mass is 9.95. The van der Waals surface area contributed by atoms with E-state index in [4.69, 9.17) is 5.73 Å². The van der Waals surface area contributed by atoms with E-state index in [0.29, 0.717) is 19.5 Å². The van der Waals surface area contributed by atoms with Crippen molar-refractivity contribution in [2.75, 3.05) is 13.1 Å². The normalized spacial score (nSPS) is 12.0. The largest absolute Gasteiger partial charge is 0.339 e. The molecule has 2 rings (SSSR count). The number of carbonyl (C=O) groups is 1. The monoisotopic (exact) mass is 296 g/mol. The van der Waals surface area contributed by atoms with Crippen molar-refractivity contribution >= 4 is 5.91 Å². The van der Waals surface area contributed by atoms with E-state index < -0.39 is 0 Å². The molecule has 116 valence electrons. The topological polar surface area (TPSA) is 46.3 Å². The zero-order chi connectivity index (χ0) is 15.9. The number of carbonyl (C=O) groups excluding carboxylic acids is 1. The van der Waals surface area contributed by atoms with Crippen LogP contribution in [0.3, 0.4) is 0 Å². The highest BCUT2D eigenvalue weighted by atomic mass is 16.2.